The molecule has 1 amide bonds. The number of halogens is 1. The molecule has 0 aliphatic heterocycles. The molecule has 1 aromatic heterocycles. The Balaban J connectivity index is 1.72. The third-order valence-corrected chi connectivity index (χ3v) is 4.39. The van der Waals surface area contributed by atoms with Gasteiger partial charge in [0.2, 0.25) is 5.91 Å². The van der Waals surface area contributed by atoms with Crippen molar-refractivity contribution in [3.05, 3.63) is 47.5 Å². The van der Waals surface area contributed by atoms with Crippen molar-refractivity contribution in [3.8, 4) is 5.69 Å². The Morgan fingerprint density at radius 2 is 2.00 bits per heavy atom. The topological polar surface area (TPSA) is 84.2 Å². The van der Waals surface area contributed by atoms with Crippen LogP contribution in [-0.4, -0.2) is 26.8 Å². The van der Waals surface area contributed by atoms with Gasteiger partial charge in [-0.25, -0.2) is 9.07 Å². The van der Waals surface area contributed by atoms with Gasteiger partial charge >= 0.3 is 5.97 Å². The van der Waals surface area contributed by atoms with Crippen LogP contribution in [0.25, 0.3) is 5.69 Å². The summed E-state index contributed by atoms with van der Waals surface area (Å²) in [7, 11) is 0. The molecule has 24 heavy (non-hydrogen) atoms. The molecule has 3 rings (SSSR count). The van der Waals surface area contributed by atoms with Crippen LogP contribution in [0.4, 0.5) is 4.39 Å². The summed E-state index contributed by atoms with van der Waals surface area (Å²) in [6.45, 7) is 3.70. The van der Waals surface area contributed by atoms with Gasteiger partial charge < -0.3 is 10.4 Å². The average molecular weight is 331 g/mol. The molecule has 1 aliphatic carbocycles. The molecule has 0 bridgehead atoms. The number of nitrogens with one attached hydrogen (secondary N) is 1. The summed E-state index contributed by atoms with van der Waals surface area (Å²) < 4.78 is 14.7. The highest BCUT2D eigenvalue weighted by Gasteiger charge is 2.48. The van der Waals surface area contributed by atoms with Gasteiger partial charge in [-0.05, 0) is 44.5 Å². The molecule has 3 atom stereocenters. The number of carbonyl (C=O) groups excluding carboxylic acids is 1. The van der Waals surface area contributed by atoms with E-state index in [4.69, 9.17) is 5.11 Å². The summed E-state index contributed by atoms with van der Waals surface area (Å²) in [5.74, 6) is -2.51. The molecule has 0 unspecified atom stereocenters. The maximum atomic E-state index is 13.0. The minimum atomic E-state index is -0.928. The minimum Gasteiger partial charge on any atom is -0.481 e. The lowest BCUT2D eigenvalue weighted by molar-refractivity contribution is -0.140. The Hall–Kier alpha value is -2.70. The van der Waals surface area contributed by atoms with Crippen molar-refractivity contribution < 1.29 is 19.1 Å². The predicted molar refractivity (Wildman–Crippen MR) is 84.0 cm³/mol. The number of carbonyl (C=O) groups is 2. The third kappa shape index (κ3) is 3.02. The summed E-state index contributed by atoms with van der Waals surface area (Å²) in [5.41, 5.74) is 2.40. The van der Waals surface area contributed by atoms with Crippen molar-refractivity contribution in [2.45, 2.75) is 26.3 Å². The number of amides is 1. The number of carboxylic acids is 1. The van der Waals surface area contributed by atoms with Gasteiger partial charge in [0.05, 0.1) is 29.8 Å². The van der Waals surface area contributed by atoms with Gasteiger partial charge in [0.25, 0.3) is 0 Å². The maximum Gasteiger partial charge on any atom is 0.307 e. The van der Waals surface area contributed by atoms with Crippen LogP contribution in [0.15, 0.2) is 30.5 Å². The number of benzene rings is 1. The van der Waals surface area contributed by atoms with Gasteiger partial charge in [-0.2, -0.15) is 5.10 Å². The van der Waals surface area contributed by atoms with Gasteiger partial charge in [0.1, 0.15) is 5.82 Å². The van der Waals surface area contributed by atoms with E-state index in [0.717, 1.165) is 16.9 Å². The molecular formula is C17H18FN3O3. The Kier molecular flexibility index (Phi) is 4.09. The van der Waals surface area contributed by atoms with E-state index in [1.807, 2.05) is 13.8 Å². The molecule has 1 aliphatic rings. The monoisotopic (exact) mass is 331 g/mol. The number of aromatic nitrogens is 2. The third-order valence-electron chi connectivity index (χ3n) is 4.39. The van der Waals surface area contributed by atoms with E-state index in [0.29, 0.717) is 6.42 Å². The normalized spacial score (nSPS) is 20.5. The highest BCUT2D eigenvalue weighted by atomic mass is 19.1. The molecule has 126 valence electrons. The molecule has 6 nitrogen and oxygen atoms in total. The summed E-state index contributed by atoms with van der Waals surface area (Å²) in [6, 6.07) is 5.69. The molecule has 1 saturated carbocycles. The minimum absolute atomic E-state index is 0.246. The van der Waals surface area contributed by atoms with Crippen molar-refractivity contribution in [3.63, 3.8) is 0 Å². The molecule has 2 aromatic rings. The van der Waals surface area contributed by atoms with E-state index in [1.165, 1.54) is 12.1 Å². The number of hydrogen-bond donors (Lipinski definition) is 2. The zero-order valence-electron chi connectivity index (χ0n) is 13.4. The van der Waals surface area contributed by atoms with Crippen LogP contribution in [0.1, 0.15) is 30.6 Å². The first-order valence-corrected chi connectivity index (χ1v) is 7.72. The van der Waals surface area contributed by atoms with Crippen molar-refractivity contribution in [1.82, 2.24) is 15.1 Å². The molecule has 0 spiro atoms. The smallest absolute Gasteiger partial charge is 0.307 e. The van der Waals surface area contributed by atoms with Crippen LogP contribution < -0.4 is 5.32 Å². The molecule has 0 radical (unpaired) electrons. The Labute approximate surface area is 138 Å². The summed E-state index contributed by atoms with van der Waals surface area (Å²) in [5, 5.41) is 16.0. The first-order valence-electron chi connectivity index (χ1n) is 7.72. The van der Waals surface area contributed by atoms with Crippen molar-refractivity contribution >= 4 is 11.9 Å². The lowest BCUT2D eigenvalue weighted by Gasteiger charge is -2.14. The first-order chi connectivity index (χ1) is 11.4. The van der Waals surface area contributed by atoms with E-state index >= 15 is 0 Å². The fourth-order valence-corrected chi connectivity index (χ4v) is 2.85. The zero-order chi connectivity index (χ0) is 17.4. The fourth-order valence-electron chi connectivity index (χ4n) is 2.85. The van der Waals surface area contributed by atoms with Crippen LogP contribution in [-0.2, 0) is 9.59 Å². The second-order valence-electron chi connectivity index (χ2n) is 6.09. The number of rotatable bonds is 5. The highest BCUT2D eigenvalue weighted by Crippen LogP contribution is 2.39. The standard InChI is InChI=1S/C17H18FN3O3/c1-9(20-16(22)13-7-14(13)17(23)24)15-8-19-21(10(15)2)12-5-3-11(18)4-6-12/h3-6,8-9,13-14H,7H2,1-2H3,(H,20,22)(H,23,24)/t9-,13+,14-/m0/s1. The fraction of sp³-hybridized carbons (Fsp3) is 0.353. The van der Waals surface area contributed by atoms with Crippen LogP contribution in [0, 0.1) is 24.6 Å². The maximum absolute atomic E-state index is 13.0. The Morgan fingerprint density at radius 1 is 1.33 bits per heavy atom. The van der Waals surface area contributed by atoms with Crippen LogP contribution in [0.2, 0.25) is 0 Å². The van der Waals surface area contributed by atoms with E-state index in [9.17, 15) is 14.0 Å². The number of nitrogens with zero attached hydrogens (tertiary/aromatic N) is 2. The first kappa shape index (κ1) is 16.2. The largest absolute Gasteiger partial charge is 0.481 e. The lowest BCUT2D eigenvalue weighted by atomic mass is 10.1. The molecule has 0 saturated heterocycles. The van der Waals surface area contributed by atoms with Gasteiger partial charge in [-0.1, -0.05) is 0 Å². The van der Waals surface area contributed by atoms with Gasteiger partial charge in [0, 0.05) is 11.3 Å². The Bertz CT molecular complexity index is 785. The Morgan fingerprint density at radius 3 is 2.58 bits per heavy atom. The zero-order valence-corrected chi connectivity index (χ0v) is 13.4. The molecule has 1 fully saturated rings. The van der Waals surface area contributed by atoms with Crippen LogP contribution in [0.3, 0.4) is 0 Å². The van der Waals surface area contributed by atoms with Gasteiger partial charge in [0.15, 0.2) is 0 Å². The van der Waals surface area contributed by atoms with Gasteiger partial charge in [-0.15, -0.1) is 0 Å². The number of hydrogen-bond acceptors (Lipinski definition) is 3. The highest BCUT2D eigenvalue weighted by molar-refractivity contribution is 5.89. The van der Waals surface area contributed by atoms with Crippen molar-refractivity contribution in [2.75, 3.05) is 0 Å². The molecule has 2 N–H and O–H groups in total. The predicted octanol–water partition coefficient (Wildman–Crippen LogP) is 2.22. The summed E-state index contributed by atoms with van der Waals surface area (Å²) >= 11 is 0. The lowest BCUT2D eigenvalue weighted by Crippen LogP contribution is -2.29. The van der Waals surface area contributed by atoms with Gasteiger partial charge in [-0.3, -0.25) is 9.59 Å². The number of aliphatic carboxylic acids is 1. The molecule has 1 heterocycles. The second kappa shape index (κ2) is 6.07. The quantitative estimate of drug-likeness (QED) is 0.880. The molecule has 7 heteroatoms. The van der Waals surface area contributed by atoms with Crippen LogP contribution in [0.5, 0.6) is 0 Å². The van der Waals surface area contributed by atoms with E-state index < -0.39 is 17.8 Å². The molecule has 1 aromatic carbocycles. The van der Waals surface area contributed by atoms with Crippen LogP contribution >= 0.6 is 0 Å². The van der Waals surface area contributed by atoms with E-state index in [2.05, 4.69) is 10.4 Å². The second-order valence-corrected chi connectivity index (χ2v) is 6.09. The average Bonchev–Trinajstić information content (AvgIpc) is 3.25. The summed E-state index contributed by atoms with van der Waals surface area (Å²) in [6.07, 6.45) is 2.05. The van der Waals surface area contributed by atoms with Crippen molar-refractivity contribution in [1.29, 1.82) is 0 Å². The van der Waals surface area contributed by atoms with E-state index in [1.54, 1.807) is 23.0 Å². The summed E-state index contributed by atoms with van der Waals surface area (Å²) in [4.78, 5) is 22.9. The number of carboxylic acid groups (broad SMARTS) is 1. The molecular weight excluding hydrogens is 313 g/mol. The SMILES string of the molecule is Cc1c([C@H](C)NC(=O)[C@@H]2C[C@@H]2C(=O)O)cnn1-c1ccc(F)cc1. The van der Waals surface area contributed by atoms with Crippen molar-refractivity contribution in [2.24, 2.45) is 11.8 Å². The van der Waals surface area contributed by atoms with E-state index in [-0.39, 0.29) is 17.8 Å².